The number of nitrogens with zero attached hydrogens (tertiary/aromatic N) is 1. The van der Waals surface area contributed by atoms with Crippen LogP contribution in [0.5, 0.6) is 0 Å². The summed E-state index contributed by atoms with van der Waals surface area (Å²) < 4.78 is 5.56. The van der Waals surface area contributed by atoms with E-state index >= 15 is 0 Å². The minimum absolute atomic E-state index is 0.244. The summed E-state index contributed by atoms with van der Waals surface area (Å²) in [5.41, 5.74) is 6.53. The molecule has 0 saturated heterocycles. The highest BCUT2D eigenvalue weighted by Crippen LogP contribution is 2.39. The van der Waals surface area contributed by atoms with Crippen molar-refractivity contribution in [3.05, 3.63) is 0 Å². The third-order valence-electron chi connectivity index (χ3n) is 5.51. The van der Waals surface area contributed by atoms with Gasteiger partial charge in [-0.05, 0) is 44.4 Å². The van der Waals surface area contributed by atoms with Crippen molar-refractivity contribution in [2.45, 2.75) is 82.9 Å². The molecular formula is C17H34N2O. The summed E-state index contributed by atoms with van der Waals surface area (Å²) in [6.45, 7) is 6.70. The van der Waals surface area contributed by atoms with Crippen LogP contribution in [0.4, 0.5) is 0 Å². The molecule has 0 atom stereocenters. The molecule has 0 heterocycles. The highest BCUT2D eigenvalue weighted by Gasteiger charge is 2.42. The number of rotatable bonds is 6. The SMILES string of the molecule is COC1CCC(CN)(N(CC(C)C)C2CCCC2)CC1. The van der Waals surface area contributed by atoms with Gasteiger partial charge in [0.2, 0.25) is 0 Å². The summed E-state index contributed by atoms with van der Waals surface area (Å²) in [6, 6.07) is 0.778. The van der Waals surface area contributed by atoms with Crippen molar-refractivity contribution in [1.82, 2.24) is 4.90 Å². The van der Waals surface area contributed by atoms with E-state index in [0.717, 1.165) is 18.5 Å². The second-order valence-electron chi connectivity index (χ2n) is 7.35. The van der Waals surface area contributed by atoms with Gasteiger partial charge in [0.25, 0.3) is 0 Å². The molecular weight excluding hydrogens is 248 g/mol. The van der Waals surface area contributed by atoms with Gasteiger partial charge in [-0.3, -0.25) is 4.90 Å². The Morgan fingerprint density at radius 1 is 1.15 bits per heavy atom. The molecule has 0 aromatic carbocycles. The van der Waals surface area contributed by atoms with E-state index in [1.165, 1.54) is 57.9 Å². The molecule has 20 heavy (non-hydrogen) atoms. The Morgan fingerprint density at radius 3 is 2.20 bits per heavy atom. The number of hydrogen-bond acceptors (Lipinski definition) is 3. The Hall–Kier alpha value is -0.120. The first-order chi connectivity index (χ1) is 9.61. The number of ether oxygens (including phenoxy) is 1. The number of hydrogen-bond donors (Lipinski definition) is 1. The van der Waals surface area contributed by atoms with Crippen LogP contribution in [-0.2, 0) is 4.74 Å². The highest BCUT2D eigenvalue weighted by molar-refractivity contribution is 4.99. The molecule has 3 nitrogen and oxygen atoms in total. The smallest absolute Gasteiger partial charge is 0.0572 e. The van der Waals surface area contributed by atoms with Crippen molar-refractivity contribution in [3.63, 3.8) is 0 Å². The largest absolute Gasteiger partial charge is 0.381 e. The van der Waals surface area contributed by atoms with Gasteiger partial charge in [-0.2, -0.15) is 0 Å². The fourth-order valence-electron chi connectivity index (χ4n) is 4.31. The lowest BCUT2D eigenvalue weighted by Crippen LogP contribution is -2.60. The van der Waals surface area contributed by atoms with Crippen LogP contribution >= 0.6 is 0 Å². The van der Waals surface area contributed by atoms with Gasteiger partial charge in [0, 0.05) is 31.8 Å². The normalized spacial score (nSPS) is 32.4. The molecule has 0 aliphatic heterocycles. The minimum atomic E-state index is 0.244. The van der Waals surface area contributed by atoms with Crippen LogP contribution in [0.1, 0.15) is 65.2 Å². The maximum absolute atomic E-state index is 6.29. The van der Waals surface area contributed by atoms with Crippen LogP contribution in [-0.4, -0.2) is 42.8 Å². The van der Waals surface area contributed by atoms with E-state index < -0.39 is 0 Å². The van der Waals surface area contributed by atoms with Crippen LogP contribution in [0.3, 0.4) is 0 Å². The highest BCUT2D eigenvalue weighted by atomic mass is 16.5. The molecule has 118 valence electrons. The zero-order chi connectivity index (χ0) is 14.6. The van der Waals surface area contributed by atoms with E-state index in [1.54, 1.807) is 0 Å². The lowest BCUT2D eigenvalue weighted by Gasteiger charge is -2.50. The van der Waals surface area contributed by atoms with Crippen molar-refractivity contribution in [3.8, 4) is 0 Å². The van der Waals surface area contributed by atoms with Gasteiger partial charge in [0.1, 0.15) is 0 Å². The van der Waals surface area contributed by atoms with Crippen molar-refractivity contribution in [1.29, 1.82) is 0 Å². The zero-order valence-electron chi connectivity index (χ0n) is 13.7. The van der Waals surface area contributed by atoms with Gasteiger partial charge < -0.3 is 10.5 Å². The predicted molar refractivity (Wildman–Crippen MR) is 84.9 cm³/mol. The Labute approximate surface area is 125 Å². The molecule has 2 N–H and O–H groups in total. The fourth-order valence-corrected chi connectivity index (χ4v) is 4.31. The summed E-state index contributed by atoms with van der Waals surface area (Å²) >= 11 is 0. The fraction of sp³-hybridized carbons (Fsp3) is 1.00. The standard InChI is InChI=1S/C17H34N2O/c1-14(2)12-19(15-6-4-5-7-15)17(13-18)10-8-16(20-3)9-11-17/h14-16H,4-13,18H2,1-3H3. The minimum Gasteiger partial charge on any atom is -0.381 e. The van der Waals surface area contributed by atoms with Gasteiger partial charge in [-0.25, -0.2) is 0 Å². The lowest BCUT2D eigenvalue weighted by molar-refractivity contribution is -0.0306. The molecule has 2 fully saturated rings. The average molecular weight is 282 g/mol. The van der Waals surface area contributed by atoms with E-state index in [4.69, 9.17) is 10.5 Å². The summed E-state index contributed by atoms with van der Waals surface area (Å²) in [7, 11) is 1.85. The molecule has 0 aromatic rings. The Balaban J connectivity index is 2.11. The van der Waals surface area contributed by atoms with Crippen molar-refractivity contribution >= 4 is 0 Å². The van der Waals surface area contributed by atoms with E-state index in [9.17, 15) is 0 Å². The molecule has 2 rings (SSSR count). The average Bonchev–Trinajstić information content (AvgIpc) is 2.98. The van der Waals surface area contributed by atoms with Crippen LogP contribution in [0.2, 0.25) is 0 Å². The summed E-state index contributed by atoms with van der Waals surface area (Å²) in [6.07, 6.45) is 10.8. The first-order valence-corrected chi connectivity index (χ1v) is 8.61. The van der Waals surface area contributed by atoms with Gasteiger partial charge in [-0.15, -0.1) is 0 Å². The van der Waals surface area contributed by atoms with Crippen LogP contribution in [0, 0.1) is 5.92 Å². The molecule has 2 aliphatic carbocycles. The summed E-state index contributed by atoms with van der Waals surface area (Å²) in [5, 5.41) is 0. The topological polar surface area (TPSA) is 38.5 Å². The van der Waals surface area contributed by atoms with E-state index in [2.05, 4.69) is 18.7 Å². The molecule has 0 aromatic heterocycles. The first kappa shape index (κ1) is 16.3. The van der Waals surface area contributed by atoms with Gasteiger partial charge in [-0.1, -0.05) is 26.7 Å². The van der Waals surface area contributed by atoms with E-state index in [-0.39, 0.29) is 5.54 Å². The third-order valence-corrected chi connectivity index (χ3v) is 5.51. The van der Waals surface area contributed by atoms with Crippen LogP contribution in [0.15, 0.2) is 0 Å². The Bertz CT molecular complexity index is 279. The van der Waals surface area contributed by atoms with Crippen LogP contribution in [0.25, 0.3) is 0 Å². The second-order valence-corrected chi connectivity index (χ2v) is 7.35. The third kappa shape index (κ3) is 3.55. The molecule has 0 radical (unpaired) electrons. The van der Waals surface area contributed by atoms with E-state index in [1.807, 2.05) is 7.11 Å². The second kappa shape index (κ2) is 7.24. The van der Waals surface area contributed by atoms with Gasteiger partial charge in [0.05, 0.1) is 6.10 Å². The van der Waals surface area contributed by atoms with E-state index in [0.29, 0.717) is 6.10 Å². The first-order valence-electron chi connectivity index (χ1n) is 8.61. The Kier molecular flexibility index (Phi) is 5.88. The van der Waals surface area contributed by atoms with Crippen molar-refractivity contribution in [2.75, 3.05) is 20.2 Å². The predicted octanol–water partition coefficient (Wildman–Crippen LogP) is 3.17. The van der Waals surface area contributed by atoms with Crippen LogP contribution < -0.4 is 5.73 Å². The quantitative estimate of drug-likeness (QED) is 0.813. The molecule has 3 heteroatoms. The summed E-state index contributed by atoms with van der Waals surface area (Å²) in [4.78, 5) is 2.82. The molecule has 0 bridgehead atoms. The van der Waals surface area contributed by atoms with Crippen molar-refractivity contribution < 1.29 is 4.74 Å². The van der Waals surface area contributed by atoms with Gasteiger partial charge >= 0.3 is 0 Å². The maximum Gasteiger partial charge on any atom is 0.0572 e. The molecule has 0 unspecified atom stereocenters. The molecule has 2 aliphatic rings. The summed E-state index contributed by atoms with van der Waals surface area (Å²) in [5.74, 6) is 0.721. The molecule has 2 saturated carbocycles. The Morgan fingerprint density at radius 2 is 1.75 bits per heavy atom. The maximum atomic E-state index is 6.29. The number of methoxy groups -OCH3 is 1. The number of nitrogens with two attached hydrogens (primary N) is 1. The van der Waals surface area contributed by atoms with Crippen molar-refractivity contribution in [2.24, 2.45) is 11.7 Å². The zero-order valence-corrected chi connectivity index (χ0v) is 13.7. The van der Waals surface area contributed by atoms with Gasteiger partial charge in [0.15, 0.2) is 0 Å². The molecule has 0 amide bonds. The lowest BCUT2D eigenvalue weighted by atomic mass is 9.77. The molecule has 0 spiro atoms. The monoisotopic (exact) mass is 282 g/mol.